The number of allylic oxidation sites excluding steroid dienone is 1. The van der Waals surface area contributed by atoms with E-state index < -0.39 is 0 Å². The Labute approximate surface area is 130 Å². The van der Waals surface area contributed by atoms with Crippen LogP contribution in [-0.4, -0.2) is 42.4 Å². The van der Waals surface area contributed by atoms with Crippen molar-refractivity contribution in [3.05, 3.63) is 41.0 Å². The summed E-state index contributed by atoms with van der Waals surface area (Å²) < 4.78 is 0. The van der Waals surface area contributed by atoms with Crippen LogP contribution in [0, 0.1) is 0 Å². The number of benzene rings is 1. The third kappa shape index (κ3) is 2.87. The van der Waals surface area contributed by atoms with Crippen LogP contribution in [0.3, 0.4) is 0 Å². The van der Waals surface area contributed by atoms with Crippen LogP contribution in [0.2, 0.25) is 0 Å². The molecule has 21 heavy (non-hydrogen) atoms. The Hall–Kier alpha value is -1.26. The van der Waals surface area contributed by atoms with Crippen LogP contribution in [0.5, 0.6) is 0 Å². The van der Waals surface area contributed by atoms with E-state index in [1.54, 1.807) is 0 Å². The first kappa shape index (κ1) is 14.7. The van der Waals surface area contributed by atoms with Crippen LogP contribution < -0.4 is 5.32 Å². The van der Waals surface area contributed by atoms with Crippen LogP contribution in [0.25, 0.3) is 5.70 Å². The van der Waals surface area contributed by atoms with Crippen molar-refractivity contribution in [1.82, 2.24) is 10.2 Å². The topological polar surface area (TPSA) is 32.3 Å². The lowest BCUT2D eigenvalue weighted by Crippen LogP contribution is -2.27. The van der Waals surface area contributed by atoms with E-state index >= 15 is 0 Å². The molecule has 1 fully saturated rings. The third-order valence-electron chi connectivity index (χ3n) is 4.18. The van der Waals surface area contributed by atoms with E-state index in [1.165, 1.54) is 17.7 Å². The molecule has 1 aromatic carbocycles. The van der Waals surface area contributed by atoms with Gasteiger partial charge in [-0.15, -0.1) is 0 Å². The summed E-state index contributed by atoms with van der Waals surface area (Å²) in [5, 5.41) is 3.15. The normalized spacial score (nSPS) is 17.2. The van der Waals surface area contributed by atoms with Gasteiger partial charge in [-0.1, -0.05) is 18.2 Å². The minimum Gasteiger partial charge on any atom is -0.319 e. The molecule has 3 nitrogen and oxygen atoms in total. The zero-order valence-electron chi connectivity index (χ0n) is 12.5. The van der Waals surface area contributed by atoms with Gasteiger partial charge in [0.15, 0.2) is 0 Å². The number of fused-ring (bicyclic) bond motifs is 1. The summed E-state index contributed by atoms with van der Waals surface area (Å²) in [4.78, 5) is 14.7. The second kappa shape index (κ2) is 6.67. The lowest BCUT2D eigenvalue weighted by atomic mass is 9.88. The smallest absolute Gasteiger partial charge is 0.259 e. The maximum Gasteiger partial charge on any atom is 0.259 e. The number of hydrogen-bond donors (Lipinski definition) is 1. The van der Waals surface area contributed by atoms with E-state index in [4.69, 9.17) is 0 Å². The lowest BCUT2D eigenvalue weighted by molar-refractivity contribution is 0.0855. The molecule has 1 aliphatic heterocycles. The largest absolute Gasteiger partial charge is 0.319 e. The van der Waals surface area contributed by atoms with Gasteiger partial charge >= 0.3 is 0 Å². The van der Waals surface area contributed by atoms with Crippen molar-refractivity contribution in [2.45, 2.75) is 19.3 Å². The second-order valence-corrected chi connectivity index (χ2v) is 6.75. The van der Waals surface area contributed by atoms with Crippen LogP contribution in [0.15, 0.2) is 29.8 Å². The highest BCUT2D eigenvalue weighted by atomic mass is 32.2. The number of rotatable bonds is 6. The first-order valence-corrected chi connectivity index (χ1v) is 8.84. The number of carbonyl (C=O) groups excluding carboxylic acids is 1. The molecule has 0 radical (unpaired) electrons. The molecule has 1 aliphatic carbocycles. The van der Waals surface area contributed by atoms with Gasteiger partial charge in [0.05, 0.1) is 5.70 Å². The Balaban J connectivity index is 1.75. The van der Waals surface area contributed by atoms with Crippen molar-refractivity contribution in [3.63, 3.8) is 0 Å². The van der Waals surface area contributed by atoms with Crippen molar-refractivity contribution in [1.29, 1.82) is 0 Å². The number of nitrogens with one attached hydrogen (secondary N) is 1. The first-order chi connectivity index (χ1) is 10.3. The number of nitrogens with zero attached hydrogens (tertiary/aromatic N) is 1. The van der Waals surface area contributed by atoms with Gasteiger partial charge in [0, 0.05) is 35.7 Å². The molecule has 112 valence electrons. The molecule has 0 spiro atoms. The molecule has 0 saturated heterocycles. The molecule has 1 N–H and O–H groups in total. The maximum absolute atomic E-state index is 12.6. The Morgan fingerprint density at radius 3 is 2.62 bits per heavy atom. The number of hydrogen-bond acceptors (Lipinski definition) is 3. The van der Waals surface area contributed by atoms with Gasteiger partial charge in [-0.05, 0) is 37.9 Å². The fraction of sp³-hybridized carbons (Fsp3) is 0.471. The van der Waals surface area contributed by atoms with Crippen LogP contribution in [0.4, 0.5) is 0 Å². The zero-order chi connectivity index (χ0) is 14.7. The first-order valence-electron chi connectivity index (χ1n) is 7.68. The Kier molecular flexibility index (Phi) is 4.66. The van der Waals surface area contributed by atoms with E-state index in [0.717, 1.165) is 48.6 Å². The average molecular weight is 302 g/mol. The van der Waals surface area contributed by atoms with Gasteiger partial charge < -0.3 is 10.2 Å². The standard InChI is InChI=1S/C17H22N2OS/c1-18-9-11-21-12-10-19-16(13-5-4-6-13)14-7-2-3-8-15(14)17(19)20/h2-3,7-8,18H,4-6,9-12H2,1H3. The highest BCUT2D eigenvalue weighted by Gasteiger charge is 2.34. The SMILES string of the molecule is CNCCSCCN1C(=O)c2ccccc2C1=C1CCC1. The maximum atomic E-state index is 12.6. The molecule has 3 rings (SSSR count). The van der Waals surface area contributed by atoms with Gasteiger partial charge in [-0.25, -0.2) is 0 Å². The molecule has 1 amide bonds. The molecule has 0 aromatic heterocycles. The average Bonchev–Trinajstić information content (AvgIpc) is 2.72. The summed E-state index contributed by atoms with van der Waals surface area (Å²) >= 11 is 1.91. The van der Waals surface area contributed by atoms with Crippen molar-refractivity contribution in [2.24, 2.45) is 0 Å². The monoisotopic (exact) mass is 302 g/mol. The van der Waals surface area contributed by atoms with Gasteiger partial charge in [0.25, 0.3) is 5.91 Å². The second-order valence-electron chi connectivity index (χ2n) is 5.52. The van der Waals surface area contributed by atoms with Crippen LogP contribution in [-0.2, 0) is 0 Å². The third-order valence-corrected chi connectivity index (χ3v) is 5.14. The van der Waals surface area contributed by atoms with Gasteiger partial charge in [-0.2, -0.15) is 11.8 Å². The van der Waals surface area contributed by atoms with Crippen molar-refractivity contribution in [2.75, 3.05) is 31.6 Å². The Morgan fingerprint density at radius 1 is 1.19 bits per heavy atom. The Bertz CT molecular complexity index is 562. The molecule has 0 bridgehead atoms. The van der Waals surface area contributed by atoms with Gasteiger partial charge in [0.1, 0.15) is 0 Å². The molecular formula is C17H22N2OS. The minimum absolute atomic E-state index is 0.189. The van der Waals surface area contributed by atoms with Crippen LogP contribution in [0.1, 0.15) is 35.2 Å². The number of carbonyl (C=O) groups is 1. The summed E-state index contributed by atoms with van der Waals surface area (Å²) in [5.74, 6) is 2.28. The van der Waals surface area contributed by atoms with Gasteiger partial charge in [0.2, 0.25) is 0 Å². The predicted molar refractivity (Wildman–Crippen MR) is 89.5 cm³/mol. The number of thioether (sulfide) groups is 1. The molecule has 0 atom stereocenters. The van der Waals surface area contributed by atoms with E-state index in [-0.39, 0.29) is 5.91 Å². The predicted octanol–water partition coefficient (Wildman–Crippen LogP) is 2.99. The zero-order valence-corrected chi connectivity index (χ0v) is 13.3. The fourth-order valence-corrected chi connectivity index (χ4v) is 3.75. The molecular weight excluding hydrogens is 280 g/mol. The fourth-order valence-electron chi connectivity index (χ4n) is 2.89. The summed E-state index contributed by atoms with van der Waals surface area (Å²) in [6.45, 7) is 1.84. The molecule has 1 saturated carbocycles. The Morgan fingerprint density at radius 2 is 1.95 bits per heavy atom. The van der Waals surface area contributed by atoms with Crippen LogP contribution >= 0.6 is 11.8 Å². The van der Waals surface area contributed by atoms with Crippen molar-refractivity contribution in [3.8, 4) is 0 Å². The minimum atomic E-state index is 0.189. The highest BCUT2D eigenvalue weighted by Crippen LogP contribution is 2.41. The summed E-state index contributed by atoms with van der Waals surface area (Å²) in [7, 11) is 1.97. The van der Waals surface area contributed by atoms with Gasteiger partial charge in [-0.3, -0.25) is 4.79 Å². The quantitative estimate of drug-likeness (QED) is 0.820. The molecule has 1 aromatic rings. The van der Waals surface area contributed by atoms with Crippen molar-refractivity contribution >= 4 is 23.4 Å². The lowest BCUT2D eigenvalue weighted by Gasteiger charge is -2.26. The van der Waals surface area contributed by atoms with E-state index in [9.17, 15) is 4.79 Å². The highest BCUT2D eigenvalue weighted by molar-refractivity contribution is 7.99. The number of amides is 1. The van der Waals surface area contributed by atoms with E-state index in [0.29, 0.717) is 0 Å². The molecule has 2 aliphatic rings. The van der Waals surface area contributed by atoms with E-state index in [2.05, 4.69) is 11.4 Å². The van der Waals surface area contributed by atoms with Crippen molar-refractivity contribution < 1.29 is 4.79 Å². The molecule has 0 unspecified atom stereocenters. The molecule has 4 heteroatoms. The summed E-state index contributed by atoms with van der Waals surface area (Å²) in [6.07, 6.45) is 3.57. The summed E-state index contributed by atoms with van der Waals surface area (Å²) in [5.41, 5.74) is 4.72. The summed E-state index contributed by atoms with van der Waals surface area (Å²) in [6, 6.07) is 8.06. The molecule has 1 heterocycles. The van der Waals surface area contributed by atoms with E-state index in [1.807, 2.05) is 41.9 Å².